The van der Waals surface area contributed by atoms with Gasteiger partial charge in [0, 0.05) is 16.3 Å². The molecule has 0 aliphatic heterocycles. The van der Waals surface area contributed by atoms with Crippen LogP contribution in [0, 0.1) is 11.6 Å². The Kier molecular flexibility index (Phi) is 5.47. The van der Waals surface area contributed by atoms with Gasteiger partial charge in [-0.25, -0.2) is 21.9 Å². The molecule has 0 fully saturated rings. The van der Waals surface area contributed by atoms with Gasteiger partial charge < -0.3 is 5.11 Å². The van der Waals surface area contributed by atoms with Gasteiger partial charge in [0.2, 0.25) is 10.0 Å². The Hall–Kier alpha value is -2.13. The average Bonchev–Trinajstić information content (AvgIpc) is 3.11. The molecule has 26 heavy (non-hydrogen) atoms. The Morgan fingerprint density at radius 1 is 1.04 bits per heavy atom. The van der Waals surface area contributed by atoms with Crippen molar-refractivity contribution in [1.82, 2.24) is 4.72 Å². The van der Waals surface area contributed by atoms with E-state index in [0.717, 1.165) is 17.7 Å². The molecule has 0 amide bonds. The largest absolute Gasteiger partial charge is 0.383 e. The quantitative estimate of drug-likeness (QED) is 0.670. The molecule has 1 aromatic heterocycles. The van der Waals surface area contributed by atoms with Gasteiger partial charge in [-0.3, -0.25) is 0 Å². The lowest BCUT2D eigenvalue weighted by Crippen LogP contribution is -2.24. The second kappa shape index (κ2) is 7.63. The summed E-state index contributed by atoms with van der Waals surface area (Å²) in [6.45, 7) is -0.0928. The standard InChI is InChI=1S/C18H15F2NO3S2/c19-13-6-8-15(20)17(10-13)26(23,24)21-11-14-7-9-16(25-14)18(22)12-4-2-1-3-5-12/h1-10,18,21-22H,11H2. The molecule has 3 rings (SSSR count). The zero-order chi connectivity index (χ0) is 18.7. The van der Waals surface area contributed by atoms with Crippen molar-refractivity contribution in [3.8, 4) is 0 Å². The maximum absolute atomic E-state index is 13.7. The van der Waals surface area contributed by atoms with Crippen LogP contribution in [0.25, 0.3) is 0 Å². The Balaban J connectivity index is 1.73. The topological polar surface area (TPSA) is 66.4 Å². The van der Waals surface area contributed by atoms with E-state index in [1.54, 1.807) is 24.3 Å². The highest BCUT2D eigenvalue weighted by molar-refractivity contribution is 7.89. The molecule has 8 heteroatoms. The molecule has 0 bridgehead atoms. The number of rotatable bonds is 6. The highest BCUT2D eigenvalue weighted by Gasteiger charge is 2.20. The van der Waals surface area contributed by atoms with E-state index < -0.39 is 32.7 Å². The fraction of sp³-hybridized carbons (Fsp3) is 0.111. The van der Waals surface area contributed by atoms with E-state index in [-0.39, 0.29) is 6.54 Å². The van der Waals surface area contributed by atoms with Crippen LogP contribution in [0.4, 0.5) is 8.78 Å². The molecular formula is C18H15F2NO3S2. The number of aliphatic hydroxyl groups excluding tert-OH is 1. The van der Waals surface area contributed by atoms with Crippen LogP contribution in [0.2, 0.25) is 0 Å². The first kappa shape index (κ1) is 18.7. The lowest BCUT2D eigenvalue weighted by molar-refractivity contribution is 0.224. The minimum absolute atomic E-state index is 0.0928. The summed E-state index contributed by atoms with van der Waals surface area (Å²) in [6, 6.07) is 14.7. The minimum atomic E-state index is -4.20. The highest BCUT2D eigenvalue weighted by atomic mass is 32.2. The summed E-state index contributed by atoms with van der Waals surface area (Å²) in [5.41, 5.74) is 0.725. The van der Waals surface area contributed by atoms with Gasteiger partial charge in [0.1, 0.15) is 22.6 Å². The number of halogens is 2. The van der Waals surface area contributed by atoms with Crippen molar-refractivity contribution in [2.45, 2.75) is 17.5 Å². The van der Waals surface area contributed by atoms with Crippen LogP contribution in [-0.2, 0) is 16.6 Å². The summed E-state index contributed by atoms with van der Waals surface area (Å²) >= 11 is 1.23. The lowest BCUT2D eigenvalue weighted by atomic mass is 10.1. The van der Waals surface area contributed by atoms with Crippen LogP contribution in [-0.4, -0.2) is 13.5 Å². The van der Waals surface area contributed by atoms with Gasteiger partial charge in [-0.05, 0) is 35.9 Å². The smallest absolute Gasteiger partial charge is 0.243 e. The zero-order valence-corrected chi connectivity index (χ0v) is 15.0. The monoisotopic (exact) mass is 395 g/mol. The molecule has 0 saturated heterocycles. The summed E-state index contributed by atoms with van der Waals surface area (Å²) in [5, 5.41) is 10.4. The van der Waals surface area contributed by atoms with Gasteiger partial charge in [-0.15, -0.1) is 11.3 Å². The van der Waals surface area contributed by atoms with Crippen molar-refractivity contribution < 1.29 is 22.3 Å². The van der Waals surface area contributed by atoms with Crippen LogP contribution < -0.4 is 4.72 Å². The maximum Gasteiger partial charge on any atom is 0.243 e. The summed E-state index contributed by atoms with van der Waals surface area (Å²) in [4.78, 5) is 0.552. The number of benzene rings is 2. The summed E-state index contributed by atoms with van der Waals surface area (Å²) in [5.74, 6) is -1.86. The van der Waals surface area contributed by atoms with E-state index in [9.17, 15) is 22.3 Å². The van der Waals surface area contributed by atoms with E-state index in [1.165, 1.54) is 11.3 Å². The van der Waals surface area contributed by atoms with E-state index >= 15 is 0 Å². The second-order valence-electron chi connectivity index (χ2n) is 5.52. The minimum Gasteiger partial charge on any atom is -0.383 e. The number of sulfonamides is 1. The van der Waals surface area contributed by atoms with E-state index in [1.807, 2.05) is 18.2 Å². The molecule has 2 aromatic carbocycles. The molecule has 136 valence electrons. The summed E-state index contributed by atoms with van der Waals surface area (Å²) in [6.07, 6.45) is -0.813. The van der Waals surface area contributed by atoms with Crippen LogP contribution in [0.3, 0.4) is 0 Å². The molecule has 3 aromatic rings. The van der Waals surface area contributed by atoms with Crippen LogP contribution >= 0.6 is 11.3 Å². The number of nitrogens with one attached hydrogen (secondary N) is 1. The third-order valence-electron chi connectivity index (χ3n) is 3.69. The van der Waals surface area contributed by atoms with Crippen molar-refractivity contribution in [3.05, 3.63) is 87.6 Å². The zero-order valence-electron chi connectivity index (χ0n) is 13.4. The molecule has 1 heterocycles. The van der Waals surface area contributed by atoms with E-state index in [0.29, 0.717) is 15.8 Å². The fourth-order valence-corrected chi connectivity index (χ4v) is 4.51. The average molecular weight is 395 g/mol. The normalized spacial score (nSPS) is 12.9. The van der Waals surface area contributed by atoms with Gasteiger partial charge in [0.05, 0.1) is 0 Å². The highest BCUT2D eigenvalue weighted by Crippen LogP contribution is 2.28. The molecule has 0 saturated carbocycles. The predicted octanol–water partition coefficient (Wildman–Crippen LogP) is 3.59. The Morgan fingerprint density at radius 3 is 2.50 bits per heavy atom. The molecule has 1 atom stereocenters. The maximum atomic E-state index is 13.7. The SMILES string of the molecule is O=S(=O)(NCc1ccc(C(O)c2ccccc2)s1)c1cc(F)ccc1F. The number of hydrogen-bond acceptors (Lipinski definition) is 4. The fourth-order valence-electron chi connectivity index (χ4n) is 2.36. The van der Waals surface area contributed by atoms with E-state index in [4.69, 9.17) is 0 Å². The van der Waals surface area contributed by atoms with Gasteiger partial charge in [-0.2, -0.15) is 0 Å². The van der Waals surface area contributed by atoms with Gasteiger partial charge >= 0.3 is 0 Å². The van der Waals surface area contributed by atoms with Gasteiger partial charge in [0.25, 0.3) is 0 Å². The number of aliphatic hydroxyl groups is 1. The molecule has 4 nitrogen and oxygen atoms in total. The predicted molar refractivity (Wildman–Crippen MR) is 95.2 cm³/mol. The van der Waals surface area contributed by atoms with Crippen LogP contribution in [0.1, 0.15) is 21.4 Å². The first-order chi connectivity index (χ1) is 12.4. The van der Waals surface area contributed by atoms with Crippen molar-refractivity contribution in [2.24, 2.45) is 0 Å². The molecular weight excluding hydrogens is 380 g/mol. The number of hydrogen-bond donors (Lipinski definition) is 2. The van der Waals surface area contributed by atoms with Crippen molar-refractivity contribution in [3.63, 3.8) is 0 Å². The molecule has 0 aliphatic rings. The van der Waals surface area contributed by atoms with Crippen molar-refractivity contribution in [1.29, 1.82) is 0 Å². The third kappa shape index (κ3) is 4.16. The second-order valence-corrected chi connectivity index (χ2v) is 8.45. The lowest BCUT2D eigenvalue weighted by Gasteiger charge is -2.08. The number of thiophene rings is 1. The van der Waals surface area contributed by atoms with E-state index in [2.05, 4.69) is 4.72 Å². The molecule has 2 N–H and O–H groups in total. The Bertz CT molecular complexity index is 1000. The first-order valence-electron chi connectivity index (χ1n) is 7.63. The Labute approximate surface area is 153 Å². The van der Waals surface area contributed by atoms with Gasteiger partial charge in [0.15, 0.2) is 0 Å². The Morgan fingerprint density at radius 2 is 1.77 bits per heavy atom. The summed E-state index contributed by atoms with van der Waals surface area (Å²) < 4.78 is 53.5. The molecule has 0 aliphatic carbocycles. The third-order valence-corrected chi connectivity index (χ3v) is 6.24. The van der Waals surface area contributed by atoms with Crippen LogP contribution in [0.15, 0.2) is 65.6 Å². The van der Waals surface area contributed by atoms with Crippen molar-refractivity contribution >= 4 is 21.4 Å². The summed E-state index contributed by atoms with van der Waals surface area (Å²) in [7, 11) is -4.20. The van der Waals surface area contributed by atoms with Gasteiger partial charge in [-0.1, -0.05) is 30.3 Å². The molecule has 0 radical (unpaired) electrons. The van der Waals surface area contributed by atoms with Crippen molar-refractivity contribution in [2.75, 3.05) is 0 Å². The van der Waals surface area contributed by atoms with Crippen LogP contribution in [0.5, 0.6) is 0 Å². The first-order valence-corrected chi connectivity index (χ1v) is 9.93. The molecule has 1 unspecified atom stereocenters. The molecule has 0 spiro atoms.